The minimum absolute atomic E-state index is 0.00445. The fourth-order valence-electron chi connectivity index (χ4n) is 2.61. The molecule has 2 amide bonds. The minimum atomic E-state index is -0.00445. The number of hydrogen-bond donors (Lipinski definition) is 1. The number of hydrogen-bond acceptors (Lipinski definition) is 2. The first-order chi connectivity index (χ1) is 10.5. The van der Waals surface area contributed by atoms with Crippen molar-refractivity contribution in [2.75, 3.05) is 18.0 Å². The lowest BCUT2D eigenvalue weighted by molar-refractivity contribution is -0.127. The molecular formula is C18H26N2O2. The summed E-state index contributed by atoms with van der Waals surface area (Å²) < 4.78 is 0. The number of rotatable bonds is 6. The fraction of sp³-hybridized carbons (Fsp3) is 0.556. The molecule has 0 aliphatic heterocycles. The Balaban J connectivity index is 1.91. The lowest BCUT2D eigenvalue weighted by atomic mass is 9.85. The largest absolute Gasteiger partial charge is 0.354 e. The molecule has 0 bridgehead atoms. The maximum atomic E-state index is 11.9. The highest BCUT2D eigenvalue weighted by Crippen LogP contribution is 2.26. The van der Waals surface area contributed by atoms with Crippen LogP contribution in [-0.2, 0) is 9.59 Å². The summed E-state index contributed by atoms with van der Waals surface area (Å²) in [5.74, 6) is 0.790. The Hall–Kier alpha value is -1.84. The quantitative estimate of drug-likeness (QED) is 0.878. The van der Waals surface area contributed by atoms with Gasteiger partial charge in [-0.15, -0.1) is 0 Å². The summed E-state index contributed by atoms with van der Waals surface area (Å²) in [6, 6.07) is 8.07. The molecule has 22 heavy (non-hydrogen) atoms. The molecule has 1 aliphatic carbocycles. The molecule has 1 aliphatic rings. The van der Waals surface area contributed by atoms with Crippen LogP contribution in [0.1, 0.15) is 51.5 Å². The van der Waals surface area contributed by atoms with Crippen LogP contribution in [0.3, 0.4) is 0 Å². The van der Waals surface area contributed by atoms with Crippen molar-refractivity contribution >= 4 is 17.5 Å². The molecule has 1 fully saturated rings. The van der Waals surface area contributed by atoms with Crippen LogP contribution in [0, 0.1) is 5.92 Å². The van der Waals surface area contributed by atoms with E-state index in [9.17, 15) is 9.59 Å². The molecule has 1 N–H and O–H groups in total. The number of amides is 2. The SMILES string of the molecule is CC(=O)N(CCNC(=O)C1CCC1)c1ccc(C(C)C)cc1. The standard InChI is InChI=1S/C18H26N2O2/c1-13(2)15-7-9-17(10-8-15)20(14(3)21)12-11-19-18(22)16-5-4-6-16/h7-10,13,16H,4-6,11-12H2,1-3H3,(H,19,22). The highest BCUT2D eigenvalue weighted by atomic mass is 16.2. The molecule has 1 saturated carbocycles. The molecule has 120 valence electrons. The van der Waals surface area contributed by atoms with Crippen LogP contribution in [0.2, 0.25) is 0 Å². The van der Waals surface area contributed by atoms with Gasteiger partial charge in [0.05, 0.1) is 0 Å². The van der Waals surface area contributed by atoms with Crippen molar-refractivity contribution < 1.29 is 9.59 Å². The van der Waals surface area contributed by atoms with Crippen molar-refractivity contribution in [1.29, 1.82) is 0 Å². The zero-order valence-corrected chi connectivity index (χ0v) is 13.8. The molecule has 0 radical (unpaired) electrons. The predicted molar refractivity (Wildman–Crippen MR) is 88.9 cm³/mol. The molecule has 1 aromatic carbocycles. The van der Waals surface area contributed by atoms with Gasteiger partial charge in [-0.2, -0.15) is 0 Å². The molecule has 0 heterocycles. The van der Waals surface area contributed by atoms with Crippen molar-refractivity contribution in [3.05, 3.63) is 29.8 Å². The van der Waals surface area contributed by atoms with Gasteiger partial charge in [-0.3, -0.25) is 9.59 Å². The molecule has 0 aromatic heterocycles. The van der Waals surface area contributed by atoms with Gasteiger partial charge in [-0.1, -0.05) is 32.4 Å². The van der Waals surface area contributed by atoms with Gasteiger partial charge in [0, 0.05) is 31.6 Å². The Bertz CT molecular complexity index is 518. The Morgan fingerprint density at radius 1 is 1.23 bits per heavy atom. The van der Waals surface area contributed by atoms with Crippen LogP contribution < -0.4 is 10.2 Å². The average Bonchev–Trinajstić information content (AvgIpc) is 2.41. The number of anilines is 1. The van der Waals surface area contributed by atoms with E-state index in [0.29, 0.717) is 19.0 Å². The third-order valence-electron chi connectivity index (χ3n) is 4.36. The monoisotopic (exact) mass is 302 g/mol. The van der Waals surface area contributed by atoms with E-state index in [1.165, 1.54) is 5.56 Å². The number of nitrogens with zero attached hydrogens (tertiary/aromatic N) is 1. The van der Waals surface area contributed by atoms with E-state index < -0.39 is 0 Å². The van der Waals surface area contributed by atoms with Gasteiger partial charge in [0.25, 0.3) is 0 Å². The summed E-state index contributed by atoms with van der Waals surface area (Å²) in [6.07, 6.45) is 3.15. The van der Waals surface area contributed by atoms with Gasteiger partial charge in [-0.25, -0.2) is 0 Å². The number of benzene rings is 1. The Labute approximate surface area is 132 Å². The Kier molecular flexibility index (Phi) is 5.58. The second-order valence-corrected chi connectivity index (χ2v) is 6.34. The summed E-state index contributed by atoms with van der Waals surface area (Å²) in [7, 11) is 0. The smallest absolute Gasteiger partial charge is 0.223 e. The van der Waals surface area contributed by atoms with E-state index >= 15 is 0 Å². The van der Waals surface area contributed by atoms with E-state index in [0.717, 1.165) is 24.9 Å². The molecule has 4 nitrogen and oxygen atoms in total. The fourth-order valence-corrected chi connectivity index (χ4v) is 2.61. The molecule has 2 rings (SSSR count). The van der Waals surface area contributed by atoms with Gasteiger partial charge in [-0.05, 0) is 36.5 Å². The maximum Gasteiger partial charge on any atom is 0.223 e. The van der Waals surface area contributed by atoms with Crippen molar-refractivity contribution in [2.24, 2.45) is 5.92 Å². The number of carbonyl (C=O) groups is 2. The predicted octanol–water partition coefficient (Wildman–Crippen LogP) is 3.08. The van der Waals surface area contributed by atoms with Crippen molar-refractivity contribution in [1.82, 2.24) is 5.32 Å². The van der Waals surface area contributed by atoms with E-state index in [2.05, 4.69) is 31.3 Å². The summed E-state index contributed by atoms with van der Waals surface area (Å²) in [4.78, 5) is 25.4. The Morgan fingerprint density at radius 2 is 1.86 bits per heavy atom. The van der Waals surface area contributed by atoms with E-state index in [4.69, 9.17) is 0 Å². The molecule has 0 spiro atoms. The van der Waals surface area contributed by atoms with Crippen molar-refractivity contribution in [2.45, 2.75) is 46.0 Å². The Morgan fingerprint density at radius 3 is 2.32 bits per heavy atom. The zero-order chi connectivity index (χ0) is 16.1. The molecule has 0 atom stereocenters. The van der Waals surface area contributed by atoms with Gasteiger partial charge in [0.2, 0.25) is 11.8 Å². The highest BCUT2D eigenvalue weighted by molar-refractivity contribution is 5.91. The first-order valence-electron chi connectivity index (χ1n) is 8.15. The topological polar surface area (TPSA) is 49.4 Å². The maximum absolute atomic E-state index is 11.9. The first kappa shape index (κ1) is 16.5. The lowest BCUT2D eigenvalue weighted by Gasteiger charge is -2.26. The van der Waals surface area contributed by atoms with Crippen LogP contribution in [0.4, 0.5) is 5.69 Å². The minimum Gasteiger partial charge on any atom is -0.354 e. The van der Waals surface area contributed by atoms with E-state index in [1.54, 1.807) is 11.8 Å². The third-order valence-corrected chi connectivity index (χ3v) is 4.36. The molecule has 0 unspecified atom stereocenters. The van der Waals surface area contributed by atoms with E-state index in [1.807, 2.05) is 12.1 Å². The molecule has 1 aromatic rings. The third kappa shape index (κ3) is 4.09. The van der Waals surface area contributed by atoms with Gasteiger partial charge in [0.1, 0.15) is 0 Å². The zero-order valence-electron chi connectivity index (χ0n) is 13.8. The normalized spacial score (nSPS) is 14.5. The lowest BCUT2D eigenvalue weighted by Crippen LogP contribution is -2.41. The summed E-state index contributed by atoms with van der Waals surface area (Å²) in [5, 5.41) is 2.94. The second kappa shape index (κ2) is 7.43. The molecular weight excluding hydrogens is 276 g/mol. The van der Waals surface area contributed by atoms with Crippen LogP contribution in [-0.4, -0.2) is 24.9 Å². The highest BCUT2D eigenvalue weighted by Gasteiger charge is 2.24. The van der Waals surface area contributed by atoms with Crippen molar-refractivity contribution in [3.63, 3.8) is 0 Å². The van der Waals surface area contributed by atoms with Crippen LogP contribution in [0.15, 0.2) is 24.3 Å². The van der Waals surface area contributed by atoms with Gasteiger partial charge < -0.3 is 10.2 Å². The molecule has 4 heteroatoms. The summed E-state index contributed by atoms with van der Waals surface area (Å²) in [5.41, 5.74) is 2.14. The summed E-state index contributed by atoms with van der Waals surface area (Å²) in [6.45, 7) is 6.86. The number of carbonyl (C=O) groups excluding carboxylic acids is 2. The number of nitrogens with one attached hydrogen (secondary N) is 1. The van der Waals surface area contributed by atoms with E-state index in [-0.39, 0.29) is 17.7 Å². The first-order valence-corrected chi connectivity index (χ1v) is 8.15. The van der Waals surface area contributed by atoms with Crippen LogP contribution in [0.5, 0.6) is 0 Å². The van der Waals surface area contributed by atoms with Crippen LogP contribution in [0.25, 0.3) is 0 Å². The molecule has 0 saturated heterocycles. The average molecular weight is 302 g/mol. The van der Waals surface area contributed by atoms with Crippen molar-refractivity contribution in [3.8, 4) is 0 Å². The second-order valence-electron chi connectivity index (χ2n) is 6.34. The van der Waals surface area contributed by atoms with Gasteiger partial charge in [0.15, 0.2) is 0 Å². The van der Waals surface area contributed by atoms with Crippen LogP contribution >= 0.6 is 0 Å². The summed E-state index contributed by atoms with van der Waals surface area (Å²) >= 11 is 0. The van der Waals surface area contributed by atoms with Gasteiger partial charge >= 0.3 is 0 Å².